The van der Waals surface area contributed by atoms with Crippen LogP contribution in [0.5, 0.6) is 0 Å². The molecular formula is C17H23NO2. The van der Waals surface area contributed by atoms with Crippen molar-refractivity contribution in [2.24, 2.45) is 5.92 Å². The number of ether oxygens (including phenoxy) is 1. The van der Waals surface area contributed by atoms with Crippen LogP contribution < -0.4 is 0 Å². The van der Waals surface area contributed by atoms with Crippen LogP contribution in [0.4, 0.5) is 0 Å². The van der Waals surface area contributed by atoms with Gasteiger partial charge in [0.2, 0.25) is 0 Å². The summed E-state index contributed by atoms with van der Waals surface area (Å²) in [7, 11) is 3.90. The lowest BCUT2D eigenvalue weighted by Gasteiger charge is -2.35. The van der Waals surface area contributed by atoms with Gasteiger partial charge in [-0.1, -0.05) is 24.3 Å². The summed E-state index contributed by atoms with van der Waals surface area (Å²) in [5, 5.41) is 0. The zero-order valence-corrected chi connectivity index (χ0v) is 12.3. The highest BCUT2D eigenvalue weighted by atomic mass is 16.5. The van der Waals surface area contributed by atoms with Gasteiger partial charge in [0.25, 0.3) is 0 Å². The van der Waals surface area contributed by atoms with Gasteiger partial charge >= 0.3 is 0 Å². The summed E-state index contributed by atoms with van der Waals surface area (Å²) in [5.41, 5.74) is 1.98. The van der Waals surface area contributed by atoms with Crippen LogP contribution >= 0.6 is 0 Å². The van der Waals surface area contributed by atoms with Gasteiger partial charge in [-0.2, -0.15) is 0 Å². The van der Waals surface area contributed by atoms with Crippen LogP contribution in [0.15, 0.2) is 24.3 Å². The molecule has 0 aliphatic carbocycles. The lowest BCUT2D eigenvalue weighted by molar-refractivity contribution is 0.0767. The van der Waals surface area contributed by atoms with Gasteiger partial charge in [-0.05, 0) is 38.3 Å². The molecule has 0 N–H and O–H groups in total. The number of ketones is 1. The van der Waals surface area contributed by atoms with Crippen molar-refractivity contribution in [1.82, 2.24) is 4.90 Å². The van der Waals surface area contributed by atoms with Gasteiger partial charge in [0, 0.05) is 30.7 Å². The number of fused-ring (bicyclic) bond motifs is 2. The van der Waals surface area contributed by atoms with E-state index < -0.39 is 0 Å². The average molecular weight is 273 g/mol. The van der Waals surface area contributed by atoms with Crippen molar-refractivity contribution in [1.29, 1.82) is 0 Å². The van der Waals surface area contributed by atoms with Crippen molar-refractivity contribution in [3.8, 4) is 0 Å². The predicted molar refractivity (Wildman–Crippen MR) is 78.8 cm³/mol. The van der Waals surface area contributed by atoms with Crippen LogP contribution in [0.25, 0.3) is 0 Å². The summed E-state index contributed by atoms with van der Waals surface area (Å²) in [6, 6.07) is 9.15. The maximum Gasteiger partial charge on any atom is 0.166 e. The molecule has 2 bridgehead atoms. The Morgan fingerprint density at radius 2 is 1.80 bits per heavy atom. The molecule has 0 radical (unpaired) electrons. The molecule has 3 nitrogen and oxygen atoms in total. The summed E-state index contributed by atoms with van der Waals surface area (Å²) in [4.78, 5) is 15.1. The molecule has 2 aliphatic heterocycles. The first-order valence-corrected chi connectivity index (χ1v) is 7.53. The summed E-state index contributed by atoms with van der Waals surface area (Å²) in [6.45, 7) is 0.604. The van der Waals surface area contributed by atoms with E-state index in [1.807, 2.05) is 24.3 Å². The third-order valence-corrected chi connectivity index (χ3v) is 5.02. The van der Waals surface area contributed by atoms with Crippen LogP contribution in [0, 0.1) is 5.92 Å². The topological polar surface area (TPSA) is 29.5 Å². The van der Waals surface area contributed by atoms with Crippen LogP contribution in [0.1, 0.15) is 41.6 Å². The van der Waals surface area contributed by atoms with Crippen molar-refractivity contribution in [3.63, 3.8) is 0 Å². The van der Waals surface area contributed by atoms with Crippen LogP contribution in [0.2, 0.25) is 0 Å². The third kappa shape index (κ3) is 2.52. The average Bonchev–Trinajstić information content (AvgIpc) is 2.68. The van der Waals surface area contributed by atoms with Crippen molar-refractivity contribution >= 4 is 5.78 Å². The fraction of sp³-hybridized carbons (Fsp3) is 0.588. The molecule has 108 valence electrons. The molecule has 0 spiro atoms. The normalized spacial score (nSPS) is 29.6. The molecule has 2 atom stereocenters. The Morgan fingerprint density at radius 3 is 2.35 bits per heavy atom. The lowest BCUT2D eigenvalue weighted by Crippen LogP contribution is -2.42. The van der Waals surface area contributed by atoms with E-state index >= 15 is 0 Å². The smallest absolute Gasteiger partial charge is 0.166 e. The first-order chi connectivity index (χ1) is 9.69. The Kier molecular flexibility index (Phi) is 3.90. The molecule has 0 amide bonds. The Hall–Kier alpha value is -1.19. The maximum atomic E-state index is 12.6. The zero-order valence-electron chi connectivity index (χ0n) is 12.3. The van der Waals surface area contributed by atoms with Gasteiger partial charge in [0.1, 0.15) is 0 Å². The van der Waals surface area contributed by atoms with E-state index in [1.54, 1.807) is 7.11 Å². The molecule has 2 heterocycles. The summed E-state index contributed by atoms with van der Waals surface area (Å²) < 4.78 is 5.10. The van der Waals surface area contributed by atoms with E-state index in [-0.39, 0.29) is 5.92 Å². The Morgan fingerprint density at radius 1 is 1.20 bits per heavy atom. The highest BCUT2D eigenvalue weighted by molar-refractivity contribution is 5.98. The molecule has 3 rings (SSSR count). The van der Waals surface area contributed by atoms with Gasteiger partial charge in [-0.3, -0.25) is 4.79 Å². The molecule has 1 aromatic rings. The Balaban J connectivity index is 1.70. The molecule has 20 heavy (non-hydrogen) atoms. The van der Waals surface area contributed by atoms with E-state index in [1.165, 1.54) is 12.8 Å². The second-order valence-electron chi connectivity index (χ2n) is 6.21. The highest BCUT2D eigenvalue weighted by Gasteiger charge is 2.40. The van der Waals surface area contributed by atoms with E-state index in [0.717, 1.165) is 24.0 Å². The van der Waals surface area contributed by atoms with E-state index in [9.17, 15) is 4.79 Å². The number of benzene rings is 1. The number of carbonyl (C=O) groups excluding carboxylic acids is 1. The molecule has 3 heteroatoms. The first-order valence-electron chi connectivity index (χ1n) is 7.53. The molecule has 2 fully saturated rings. The largest absolute Gasteiger partial charge is 0.380 e. The molecule has 2 saturated heterocycles. The predicted octanol–water partition coefficient (Wildman–Crippen LogP) is 2.89. The van der Waals surface area contributed by atoms with Gasteiger partial charge in [-0.15, -0.1) is 0 Å². The lowest BCUT2D eigenvalue weighted by atomic mass is 9.85. The minimum absolute atomic E-state index is 0.219. The molecule has 0 saturated carbocycles. The highest BCUT2D eigenvalue weighted by Crippen LogP contribution is 2.38. The number of piperidine rings is 1. The number of nitrogens with zero attached hydrogens (tertiary/aromatic N) is 1. The SMILES string of the molecule is COCc1ccc(C(=O)C2CC3CCC(C2)N3C)cc1. The number of Topliss-reactive ketones (excluding diaryl/α,β-unsaturated/α-hetero) is 1. The summed E-state index contributed by atoms with van der Waals surface area (Å²) in [6.07, 6.45) is 4.59. The minimum Gasteiger partial charge on any atom is -0.380 e. The second kappa shape index (κ2) is 5.66. The van der Waals surface area contributed by atoms with Crippen molar-refractivity contribution in [2.75, 3.05) is 14.2 Å². The standard InChI is InChI=1S/C17H23NO2/c1-18-15-7-8-16(18)10-14(9-15)17(19)13-5-3-12(4-6-13)11-20-2/h3-6,14-16H,7-11H2,1-2H3. The summed E-state index contributed by atoms with van der Waals surface area (Å²) in [5.74, 6) is 0.552. The van der Waals surface area contributed by atoms with Crippen LogP contribution in [0.3, 0.4) is 0 Å². The maximum absolute atomic E-state index is 12.6. The monoisotopic (exact) mass is 273 g/mol. The number of carbonyl (C=O) groups is 1. The fourth-order valence-corrected chi connectivity index (χ4v) is 3.79. The van der Waals surface area contributed by atoms with Gasteiger partial charge in [0.15, 0.2) is 5.78 Å². The first kappa shape index (κ1) is 13.8. The summed E-state index contributed by atoms with van der Waals surface area (Å²) >= 11 is 0. The van der Waals surface area contributed by atoms with Crippen LogP contribution in [-0.2, 0) is 11.3 Å². The molecule has 1 aromatic carbocycles. The third-order valence-electron chi connectivity index (χ3n) is 5.02. The molecule has 0 aromatic heterocycles. The van der Waals surface area contributed by atoms with Crippen molar-refractivity contribution in [2.45, 2.75) is 44.4 Å². The zero-order chi connectivity index (χ0) is 14.1. The molecule has 2 unspecified atom stereocenters. The number of hydrogen-bond acceptors (Lipinski definition) is 3. The van der Waals surface area contributed by atoms with Gasteiger partial charge in [0.05, 0.1) is 6.61 Å². The van der Waals surface area contributed by atoms with Gasteiger partial charge in [-0.25, -0.2) is 0 Å². The Bertz CT molecular complexity index is 468. The second-order valence-corrected chi connectivity index (χ2v) is 6.21. The van der Waals surface area contributed by atoms with E-state index in [4.69, 9.17) is 4.74 Å². The fourth-order valence-electron chi connectivity index (χ4n) is 3.79. The number of hydrogen-bond donors (Lipinski definition) is 0. The van der Waals surface area contributed by atoms with Gasteiger partial charge < -0.3 is 9.64 Å². The molecule has 2 aliphatic rings. The van der Waals surface area contributed by atoms with Crippen LogP contribution in [-0.4, -0.2) is 36.9 Å². The van der Waals surface area contributed by atoms with Crippen molar-refractivity contribution in [3.05, 3.63) is 35.4 Å². The molecular weight excluding hydrogens is 250 g/mol. The van der Waals surface area contributed by atoms with E-state index in [0.29, 0.717) is 24.5 Å². The minimum atomic E-state index is 0.219. The van der Waals surface area contributed by atoms with E-state index in [2.05, 4.69) is 11.9 Å². The quantitative estimate of drug-likeness (QED) is 0.790. The van der Waals surface area contributed by atoms with Crippen molar-refractivity contribution < 1.29 is 9.53 Å². The Labute approximate surface area is 120 Å². The number of methoxy groups -OCH3 is 1. The number of rotatable bonds is 4.